The Morgan fingerprint density at radius 2 is 2.38 bits per heavy atom. The minimum absolute atomic E-state index is 0.498. The molecule has 1 atom stereocenters. The SMILES string of the molecule is C=S(N)c1cnc(C(C)(C)C#N)s1. The molecule has 0 aliphatic carbocycles. The maximum Gasteiger partial charge on any atom is 0.113 e. The molecular weight excluding hydrogens is 202 g/mol. The second kappa shape index (κ2) is 3.58. The number of nitriles is 1. The van der Waals surface area contributed by atoms with Gasteiger partial charge in [-0.25, -0.2) is 4.98 Å². The molecule has 0 amide bonds. The van der Waals surface area contributed by atoms with Crippen LogP contribution in [0.5, 0.6) is 0 Å². The Morgan fingerprint density at radius 1 is 1.77 bits per heavy atom. The second-order valence-corrected chi connectivity index (χ2v) is 5.74. The fraction of sp³-hybridized carbons (Fsp3) is 0.375. The molecule has 1 heterocycles. The number of nitrogens with zero attached hydrogens (tertiary/aromatic N) is 2. The van der Waals surface area contributed by atoms with Crippen molar-refractivity contribution in [2.75, 3.05) is 0 Å². The van der Waals surface area contributed by atoms with Crippen LogP contribution in [-0.2, 0) is 5.41 Å². The number of aromatic nitrogens is 1. The molecule has 0 aliphatic rings. The van der Waals surface area contributed by atoms with Gasteiger partial charge < -0.3 is 0 Å². The van der Waals surface area contributed by atoms with Crippen molar-refractivity contribution in [2.45, 2.75) is 23.5 Å². The van der Waals surface area contributed by atoms with Gasteiger partial charge in [-0.05, 0) is 13.8 Å². The molecule has 1 rings (SSSR count). The Bertz CT molecular complexity index is 373. The molecule has 0 saturated carbocycles. The number of hydrogen-bond donors (Lipinski definition) is 1. The van der Waals surface area contributed by atoms with Crippen molar-refractivity contribution in [2.24, 2.45) is 5.14 Å². The third-order valence-electron chi connectivity index (χ3n) is 1.56. The van der Waals surface area contributed by atoms with Gasteiger partial charge in [0.25, 0.3) is 0 Å². The quantitative estimate of drug-likeness (QED) is 0.763. The zero-order valence-electron chi connectivity index (χ0n) is 7.57. The van der Waals surface area contributed by atoms with Crippen molar-refractivity contribution >= 4 is 27.9 Å². The molecule has 13 heavy (non-hydrogen) atoms. The molecule has 0 saturated heterocycles. The topological polar surface area (TPSA) is 62.7 Å². The summed E-state index contributed by atoms with van der Waals surface area (Å²) in [6.07, 6.45) is 1.70. The van der Waals surface area contributed by atoms with E-state index >= 15 is 0 Å². The van der Waals surface area contributed by atoms with Gasteiger partial charge >= 0.3 is 0 Å². The van der Waals surface area contributed by atoms with Crippen LogP contribution in [0, 0.1) is 11.3 Å². The Kier molecular flexibility index (Phi) is 2.86. The minimum atomic E-state index is -0.526. The summed E-state index contributed by atoms with van der Waals surface area (Å²) in [7, 11) is -0.498. The molecule has 0 radical (unpaired) electrons. The second-order valence-electron chi connectivity index (χ2n) is 3.15. The summed E-state index contributed by atoms with van der Waals surface area (Å²) in [6.45, 7) is 3.68. The van der Waals surface area contributed by atoms with E-state index < -0.39 is 16.1 Å². The fourth-order valence-corrected chi connectivity index (χ4v) is 2.27. The number of rotatable bonds is 2. The maximum absolute atomic E-state index is 8.87. The highest BCUT2D eigenvalue weighted by Gasteiger charge is 2.23. The van der Waals surface area contributed by atoms with Crippen LogP contribution in [0.4, 0.5) is 0 Å². The first kappa shape index (κ1) is 10.4. The summed E-state index contributed by atoms with van der Waals surface area (Å²) in [6, 6.07) is 2.20. The molecule has 0 bridgehead atoms. The van der Waals surface area contributed by atoms with Crippen molar-refractivity contribution in [3.8, 4) is 6.07 Å². The van der Waals surface area contributed by atoms with E-state index in [0.717, 1.165) is 9.22 Å². The van der Waals surface area contributed by atoms with Crippen LogP contribution >= 0.6 is 22.0 Å². The van der Waals surface area contributed by atoms with E-state index in [-0.39, 0.29) is 0 Å². The first-order valence-electron chi connectivity index (χ1n) is 3.63. The van der Waals surface area contributed by atoms with Crippen LogP contribution in [0.1, 0.15) is 18.9 Å². The van der Waals surface area contributed by atoms with Crippen molar-refractivity contribution in [1.29, 1.82) is 5.26 Å². The third-order valence-corrected chi connectivity index (χ3v) is 4.19. The third kappa shape index (κ3) is 2.15. The van der Waals surface area contributed by atoms with Gasteiger partial charge in [0, 0.05) is 0 Å². The minimum Gasteiger partial charge on any atom is -0.279 e. The Hall–Kier alpha value is -0.700. The van der Waals surface area contributed by atoms with E-state index in [9.17, 15) is 0 Å². The lowest BCUT2D eigenvalue weighted by Crippen LogP contribution is -2.12. The number of hydrogen-bond acceptors (Lipinski definition) is 4. The average Bonchev–Trinajstić information content (AvgIpc) is 2.52. The Labute approximate surface area is 84.3 Å². The summed E-state index contributed by atoms with van der Waals surface area (Å²) >= 11 is 1.46. The molecule has 1 aromatic rings. The van der Waals surface area contributed by atoms with Crippen molar-refractivity contribution in [3.63, 3.8) is 0 Å². The summed E-state index contributed by atoms with van der Waals surface area (Å²) < 4.78 is 0.943. The van der Waals surface area contributed by atoms with E-state index in [2.05, 4.69) is 16.9 Å². The van der Waals surface area contributed by atoms with Crippen LogP contribution in [0.15, 0.2) is 10.4 Å². The summed E-state index contributed by atoms with van der Waals surface area (Å²) in [5, 5.41) is 15.3. The van der Waals surface area contributed by atoms with E-state index in [4.69, 9.17) is 10.4 Å². The van der Waals surface area contributed by atoms with Gasteiger partial charge in [-0.2, -0.15) is 5.26 Å². The molecule has 0 fully saturated rings. The molecule has 0 spiro atoms. The first-order chi connectivity index (χ1) is 5.97. The standard InChI is InChI=1S/C8H11N3S2/c1-8(2,5-9)7-11-4-6(12-7)13(3)10/h4H,3,10H2,1-2H3. The molecule has 0 aromatic carbocycles. The summed E-state index contributed by atoms with van der Waals surface area (Å²) in [4.78, 5) is 4.16. The van der Waals surface area contributed by atoms with Crippen molar-refractivity contribution < 1.29 is 0 Å². The summed E-state index contributed by atoms with van der Waals surface area (Å²) in [5.41, 5.74) is -0.526. The van der Waals surface area contributed by atoms with Gasteiger partial charge in [0.05, 0.1) is 16.5 Å². The Morgan fingerprint density at radius 3 is 2.77 bits per heavy atom. The predicted octanol–water partition coefficient (Wildman–Crippen LogP) is 1.88. The lowest BCUT2D eigenvalue weighted by molar-refractivity contribution is 0.680. The molecule has 1 aromatic heterocycles. The largest absolute Gasteiger partial charge is 0.279 e. The predicted molar refractivity (Wildman–Crippen MR) is 57.9 cm³/mol. The lowest BCUT2D eigenvalue weighted by Gasteiger charge is -2.09. The number of nitrogens with two attached hydrogens (primary N) is 1. The molecule has 2 N–H and O–H groups in total. The highest BCUT2D eigenvalue weighted by molar-refractivity contribution is 8.13. The van der Waals surface area contributed by atoms with Crippen LogP contribution in [0.2, 0.25) is 0 Å². The summed E-state index contributed by atoms with van der Waals surface area (Å²) in [5.74, 6) is 3.72. The monoisotopic (exact) mass is 213 g/mol. The van der Waals surface area contributed by atoms with Crippen molar-refractivity contribution in [1.82, 2.24) is 4.98 Å². The maximum atomic E-state index is 8.87. The van der Waals surface area contributed by atoms with E-state index in [1.54, 1.807) is 6.20 Å². The molecule has 5 heteroatoms. The van der Waals surface area contributed by atoms with Crippen molar-refractivity contribution in [3.05, 3.63) is 11.2 Å². The zero-order chi connectivity index (χ0) is 10.1. The van der Waals surface area contributed by atoms with Crippen LogP contribution in [-0.4, -0.2) is 10.9 Å². The lowest BCUT2D eigenvalue weighted by atomic mass is 9.97. The zero-order valence-corrected chi connectivity index (χ0v) is 9.21. The smallest absolute Gasteiger partial charge is 0.113 e. The van der Waals surface area contributed by atoms with Gasteiger partial charge in [0.15, 0.2) is 0 Å². The normalized spacial score (nSPS) is 13.7. The van der Waals surface area contributed by atoms with E-state index in [1.165, 1.54) is 11.3 Å². The van der Waals surface area contributed by atoms with E-state index in [1.807, 2.05) is 13.8 Å². The number of thiazole rings is 1. The highest BCUT2D eigenvalue weighted by atomic mass is 32.2. The van der Waals surface area contributed by atoms with Gasteiger partial charge in [-0.15, -0.1) is 11.3 Å². The molecule has 1 unspecified atom stereocenters. The van der Waals surface area contributed by atoms with Gasteiger partial charge in [0.2, 0.25) is 0 Å². The fourth-order valence-electron chi connectivity index (χ4n) is 0.717. The average molecular weight is 213 g/mol. The highest BCUT2D eigenvalue weighted by Crippen LogP contribution is 2.31. The van der Waals surface area contributed by atoms with Gasteiger partial charge in [0.1, 0.15) is 10.4 Å². The molecule has 3 nitrogen and oxygen atoms in total. The Balaban J connectivity index is 3.07. The first-order valence-corrected chi connectivity index (χ1v) is 5.90. The van der Waals surface area contributed by atoms with Crippen LogP contribution < -0.4 is 5.14 Å². The van der Waals surface area contributed by atoms with E-state index in [0.29, 0.717) is 0 Å². The molecular formula is C8H11N3S2. The van der Waals surface area contributed by atoms with Crippen LogP contribution in [0.3, 0.4) is 0 Å². The molecule has 70 valence electrons. The van der Waals surface area contributed by atoms with Crippen LogP contribution in [0.25, 0.3) is 0 Å². The van der Waals surface area contributed by atoms with Gasteiger partial charge in [-0.1, -0.05) is 16.5 Å². The molecule has 0 aliphatic heterocycles. The van der Waals surface area contributed by atoms with Gasteiger partial charge in [-0.3, -0.25) is 5.14 Å².